The van der Waals surface area contributed by atoms with Crippen molar-refractivity contribution in [3.63, 3.8) is 0 Å². The molecule has 2 fully saturated rings. The van der Waals surface area contributed by atoms with Gasteiger partial charge in [0.15, 0.2) is 15.7 Å². The number of carbonyl (C=O) groups excluding carboxylic acids is 1. The molecule has 4 rings (SSSR count). The largest absolute Gasteiger partial charge is 0.335 e. The van der Waals surface area contributed by atoms with Gasteiger partial charge in [0, 0.05) is 17.6 Å². The lowest BCUT2D eigenvalue weighted by molar-refractivity contribution is -0.133. The average molecular weight is 463 g/mol. The summed E-state index contributed by atoms with van der Waals surface area (Å²) in [6.07, 6.45) is 6.85. The van der Waals surface area contributed by atoms with Crippen molar-refractivity contribution in [2.45, 2.75) is 69.1 Å². The van der Waals surface area contributed by atoms with Crippen LogP contribution in [0.1, 0.15) is 51.0 Å². The SMILES string of the molecule is CCc1ccc(-c2nc(SCC(=O)N(C3CCCCC3)C3CCS(=O)(=O)C3)n[nH]2)cc1. The maximum atomic E-state index is 13.2. The number of aryl methyl sites for hydroxylation is 1. The second-order valence-corrected chi connectivity index (χ2v) is 11.6. The first-order valence-electron chi connectivity index (χ1n) is 11.1. The van der Waals surface area contributed by atoms with Crippen LogP contribution < -0.4 is 0 Å². The highest BCUT2D eigenvalue weighted by Crippen LogP contribution is 2.29. The minimum Gasteiger partial charge on any atom is -0.335 e. The zero-order chi connectivity index (χ0) is 21.8. The van der Waals surface area contributed by atoms with Crippen LogP contribution in [-0.2, 0) is 21.1 Å². The van der Waals surface area contributed by atoms with E-state index in [-0.39, 0.29) is 35.2 Å². The zero-order valence-electron chi connectivity index (χ0n) is 17.9. The van der Waals surface area contributed by atoms with Crippen molar-refractivity contribution in [1.29, 1.82) is 0 Å². The van der Waals surface area contributed by atoms with Crippen LogP contribution in [-0.4, -0.2) is 63.7 Å². The van der Waals surface area contributed by atoms with Gasteiger partial charge in [0.25, 0.3) is 0 Å². The third-order valence-electron chi connectivity index (χ3n) is 6.28. The summed E-state index contributed by atoms with van der Waals surface area (Å²) in [4.78, 5) is 19.6. The molecule has 1 unspecified atom stereocenters. The predicted molar refractivity (Wildman–Crippen MR) is 123 cm³/mol. The van der Waals surface area contributed by atoms with Crippen LogP contribution in [0.5, 0.6) is 0 Å². The smallest absolute Gasteiger partial charge is 0.233 e. The van der Waals surface area contributed by atoms with Gasteiger partial charge in [0.05, 0.1) is 17.3 Å². The zero-order valence-corrected chi connectivity index (χ0v) is 19.6. The van der Waals surface area contributed by atoms with Gasteiger partial charge < -0.3 is 4.90 Å². The van der Waals surface area contributed by atoms with Gasteiger partial charge in [0.1, 0.15) is 0 Å². The normalized spacial score (nSPS) is 21.3. The highest BCUT2D eigenvalue weighted by molar-refractivity contribution is 7.99. The van der Waals surface area contributed by atoms with Crippen molar-refractivity contribution in [3.8, 4) is 11.4 Å². The molecule has 2 aromatic rings. The molecule has 1 amide bonds. The number of H-pyrrole nitrogens is 1. The number of sulfone groups is 1. The van der Waals surface area contributed by atoms with Crippen molar-refractivity contribution >= 4 is 27.5 Å². The second kappa shape index (κ2) is 9.73. The number of aromatic nitrogens is 3. The molecule has 168 valence electrons. The predicted octanol–water partition coefficient (Wildman–Crippen LogP) is 3.47. The van der Waals surface area contributed by atoms with Gasteiger partial charge in [-0.15, -0.1) is 5.10 Å². The average Bonchev–Trinajstić information content (AvgIpc) is 3.39. The summed E-state index contributed by atoms with van der Waals surface area (Å²) < 4.78 is 24.1. The Bertz CT molecular complexity index is 998. The molecule has 9 heteroatoms. The number of amides is 1. The van der Waals surface area contributed by atoms with E-state index in [0.29, 0.717) is 17.4 Å². The van der Waals surface area contributed by atoms with E-state index in [0.717, 1.165) is 37.7 Å². The van der Waals surface area contributed by atoms with Crippen molar-refractivity contribution in [2.24, 2.45) is 0 Å². The monoisotopic (exact) mass is 462 g/mol. The molecule has 1 saturated heterocycles. The molecular weight excluding hydrogens is 432 g/mol. The highest BCUT2D eigenvalue weighted by atomic mass is 32.2. The minimum absolute atomic E-state index is 0.00218. The number of nitrogens with zero attached hydrogens (tertiary/aromatic N) is 3. The van der Waals surface area contributed by atoms with Crippen LogP contribution in [0.25, 0.3) is 11.4 Å². The summed E-state index contributed by atoms with van der Waals surface area (Å²) in [6.45, 7) is 2.12. The van der Waals surface area contributed by atoms with Crippen LogP contribution in [0.15, 0.2) is 29.4 Å². The van der Waals surface area contributed by atoms with Gasteiger partial charge in [-0.3, -0.25) is 9.89 Å². The van der Waals surface area contributed by atoms with E-state index >= 15 is 0 Å². The molecule has 1 aromatic heterocycles. The summed E-state index contributed by atoms with van der Waals surface area (Å²) in [5.41, 5.74) is 2.23. The van der Waals surface area contributed by atoms with Gasteiger partial charge in [-0.2, -0.15) is 0 Å². The standard InChI is InChI=1S/C22H30N4O3S2/c1-2-16-8-10-17(11-9-16)21-23-22(25-24-21)30-14-20(27)26(18-6-4-3-5-7-18)19-12-13-31(28,29)15-19/h8-11,18-19H,2-7,12-15H2,1H3,(H,23,24,25). The number of hydrogen-bond donors (Lipinski definition) is 1. The fraction of sp³-hybridized carbons (Fsp3) is 0.591. The number of thioether (sulfide) groups is 1. The number of carbonyl (C=O) groups is 1. The quantitative estimate of drug-likeness (QED) is 0.633. The first-order chi connectivity index (χ1) is 14.9. The molecule has 1 atom stereocenters. The lowest BCUT2D eigenvalue weighted by Crippen LogP contribution is -2.49. The highest BCUT2D eigenvalue weighted by Gasteiger charge is 2.38. The number of hydrogen-bond acceptors (Lipinski definition) is 6. The van der Waals surface area contributed by atoms with Crippen molar-refractivity contribution < 1.29 is 13.2 Å². The maximum Gasteiger partial charge on any atom is 0.233 e. The molecule has 7 nitrogen and oxygen atoms in total. The number of benzene rings is 1. The number of aromatic amines is 1. The van der Waals surface area contributed by atoms with E-state index in [1.54, 1.807) is 0 Å². The lowest BCUT2D eigenvalue weighted by atomic mass is 9.93. The van der Waals surface area contributed by atoms with E-state index < -0.39 is 9.84 Å². The second-order valence-electron chi connectivity index (χ2n) is 8.46. The Morgan fingerprint density at radius 1 is 1.13 bits per heavy atom. The van der Waals surface area contributed by atoms with E-state index in [1.165, 1.54) is 23.7 Å². The molecule has 0 bridgehead atoms. The van der Waals surface area contributed by atoms with Crippen LogP contribution in [0.3, 0.4) is 0 Å². The Kier molecular flexibility index (Phi) is 7.01. The van der Waals surface area contributed by atoms with E-state index in [2.05, 4.69) is 34.2 Å². The van der Waals surface area contributed by atoms with Crippen molar-refractivity contribution in [1.82, 2.24) is 20.1 Å². The third-order valence-corrected chi connectivity index (χ3v) is 8.87. The number of rotatable bonds is 7. The summed E-state index contributed by atoms with van der Waals surface area (Å²) in [5, 5.41) is 7.75. The van der Waals surface area contributed by atoms with Crippen LogP contribution in [0.4, 0.5) is 0 Å². The Morgan fingerprint density at radius 3 is 2.52 bits per heavy atom. The summed E-state index contributed by atoms with van der Waals surface area (Å²) in [6, 6.07) is 8.15. The Balaban J connectivity index is 1.42. The fourth-order valence-corrected chi connectivity index (χ4v) is 6.98. The Hall–Kier alpha value is -1.87. The first-order valence-corrected chi connectivity index (χ1v) is 13.9. The molecule has 0 spiro atoms. The molecule has 2 heterocycles. The molecule has 31 heavy (non-hydrogen) atoms. The van der Waals surface area contributed by atoms with Crippen molar-refractivity contribution in [2.75, 3.05) is 17.3 Å². The molecular formula is C22H30N4O3S2. The van der Waals surface area contributed by atoms with Crippen LogP contribution in [0, 0.1) is 0 Å². The van der Waals surface area contributed by atoms with Gasteiger partial charge in [0.2, 0.25) is 11.1 Å². The molecule has 1 saturated carbocycles. The summed E-state index contributed by atoms with van der Waals surface area (Å²) in [5.74, 6) is 1.18. The molecule has 1 aliphatic heterocycles. The third kappa shape index (κ3) is 5.49. The summed E-state index contributed by atoms with van der Waals surface area (Å²) >= 11 is 1.31. The van der Waals surface area contributed by atoms with Crippen LogP contribution in [0.2, 0.25) is 0 Å². The van der Waals surface area contributed by atoms with Gasteiger partial charge in [-0.1, -0.05) is 62.2 Å². The van der Waals surface area contributed by atoms with Gasteiger partial charge in [-0.05, 0) is 31.2 Å². The fourth-order valence-electron chi connectivity index (χ4n) is 4.60. The summed E-state index contributed by atoms with van der Waals surface area (Å²) in [7, 11) is -3.04. The molecule has 1 N–H and O–H groups in total. The first kappa shape index (κ1) is 22.3. The van der Waals surface area contributed by atoms with E-state index in [9.17, 15) is 13.2 Å². The van der Waals surface area contributed by atoms with E-state index in [4.69, 9.17) is 0 Å². The molecule has 1 aliphatic carbocycles. The lowest BCUT2D eigenvalue weighted by Gasteiger charge is -2.38. The molecule has 0 radical (unpaired) electrons. The topological polar surface area (TPSA) is 96.0 Å². The number of nitrogens with one attached hydrogen (secondary N) is 1. The maximum absolute atomic E-state index is 13.2. The van der Waals surface area contributed by atoms with Gasteiger partial charge in [-0.25, -0.2) is 13.4 Å². The Labute approximate surface area is 188 Å². The molecule has 1 aromatic carbocycles. The van der Waals surface area contributed by atoms with Gasteiger partial charge >= 0.3 is 0 Å². The van der Waals surface area contributed by atoms with Crippen molar-refractivity contribution in [3.05, 3.63) is 29.8 Å². The molecule has 2 aliphatic rings. The minimum atomic E-state index is -3.04. The Morgan fingerprint density at radius 2 is 1.87 bits per heavy atom. The van der Waals surface area contributed by atoms with Crippen LogP contribution >= 0.6 is 11.8 Å². The van der Waals surface area contributed by atoms with E-state index in [1.807, 2.05) is 17.0 Å².